The van der Waals surface area contributed by atoms with Crippen LogP contribution in [0.5, 0.6) is 5.75 Å². The Morgan fingerprint density at radius 3 is 2.77 bits per heavy atom. The molecule has 1 fully saturated rings. The van der Waals surface area contributed by atoms with Crippen LogP contribution in [0.4, 0.5) is 0 Å². The van der Waals surface area contributed by atoms with Gasteiger partial charge in [0.1, 0.15) is 5.75 Å². The number of aromatic nitrogens is 2. The Kier molecular flexibility index (Phi) is 3.98. The molecule has 1 aromatic heterocycles. The molecule has 1 saturated carbocycles. The van der Waals surface area contributed by atoms with E-state index in [1.54, 1.807) is 14.2 Å². The second-order valence-corrected chi connectivity index (χ2v) is 5.82. The second-order valence-electron chi connectivity index (χ2n) is 5.82. The van der Waals surface area contributed by atoms with Crippen LogP contribution >= 0.6 is 0 Å². The Morgan fingerprint density at radius 2 is 2.14 bits per heavy atom. The predicted octanol–water partition coefficient (Wildman–Crippen LogP) is 2.02. The van der Waals surface area contributed by atoms with Crippen molar-refractivity contribution in [3.8, 4) is 17.0 Å². The van der Waals surface area contributed by atoms with Crippen LogP contribution in [0, 0.1) is 6.92 Å². The highest BCUT2D eigenvalue weighted by Crippen LogP contribution is 2.25. The van der Waals surface area contributed by atoms with Crippen LogP contribution in [-0.2, 0) is 13.6 Å². The Hall–Kier alpha value is -2.14. The topological polar surface area (TPSA) is 56.1 Å². The summed E-state index contributed by atoms with van der Waals surface area (Å²) < 4.78 is 6.70. The molecule has 116 valence electrons. The Morgan fingerprint density at radius 1 is 1.36 bits per heavy atom. The van der Waals surface area contributed by atoms with Gasteiger partial charge in [-0.25, -0.2) is 4.68 Å². The molecule has 1 aliphatic rings. The standard InChI is InChI=1S/C17H21N3O2/c1-11-8-12(4-7-16(11)22-3)15-9-13(10-18-14-5-6-14)17(21)20(2)19-15/h4,7-9,14,18H,5-6,10H2,1-3H3. The highest BCUT2D eigenvalue weighted by molar-refractivity contribution is 5.62. The lowest BCUT2D eigenvalue weighted by molar-refractivity contribution is 0.412. The fourth-order valence-electron chi connectivity index (χ4n) is 2.52. The summed E-state index contributed by atoms with van der Waals surface area (Å²) in [6.07, 6.45) is 2.41. The number of aryl methyl sites for hydroxylation is 2. The number of rotatable bonds is 5. The molecule has 22 heavy (non-hydrogen) atoms. The van der Waals surface area contributed by atoms with Crippen LogP contribution in [-0.4, -0.2) is 22.9 Å². The fraction of sp³-hybridized carbons (Fsp3) is 0.412. The third-order valence-corrected chi connectivity index (χ3v) is 3.99. The van der Waals surface area contributed by atoms with Gasteiger partial charge in [-0.2, -0.15) is 5.10 Å². The van der Waals surface area contributed by atoms with E-state index in [2.05, 4.69) is 10.4 Å². The molecule has 1 N–H and O–H groups in total. The second kappa shape index (κ2) is 5.93. The van der Waals surface area contributed by atoms with Crippen molar-refractivity contribution in [1.82, 2.24) is 15.1 Å². The van der Waals surface area contributed by atoms with Crippen LogP contribution in [0.25, 0.3) is 11.3 Å². The summed E-state index contributed by atoms with van der Waals surface area (Å²) in [6, 6.07) is 8.39. The van der Waals surface area contributed by atoms with E-state index in [0.29, 0.717) is 12.6 Å². The number of ether oxygens (including phenoxy) is 1. The fourth-order valence-corrected chi connectivity index (χ4v) is 2.52. The van der Waals surface area contributed by atoms with Crippen LogP contribution in [0.2, 0.25) is 0 Å². The highest BCUT2D eigenvalue weighted by Gasteiger charge is 2.21. The minimum Gasteiger partial charge on any atom is -0.496 e. The Labute approximate surface area is 129 Å². The molecule has 5 nitrogen and oxygen atoms in total. The van der Waals surface area contributed by atoms with E-state index >= 15 is 0 Å². The molecule has 3 rings (SSSR count). The first-order valence-corrected chi connectivity index (χ1v) is 7.54. The Bertz CT molecular complexity index is 748. The molecule has 0 amide bonds. The largest absolute Gasteiger partial charge is 0.496 e. The van der Waals surface area contributed by atoms with Crippen LogP contribution in [0.3, 0.4) is 0 Å². The maximum absolute atomic E-state index is 12.2. The van der Waals surface area contributed by atoms with Gasteiger partial charge in [0.25, 0.3) is 5.56 Å². The minimum absolute atomic E-state index is 0.0397. The van der Waals surface area contributed by atoms with E-state index in [9.17, 15) is 4.79 Å². The molecule has 2 aromatic rings. The summed E-state index contributed by atoms with van der Waals surface area (Å²) in [5, 5.41) is 7.77. The number of nitrogens with zero attached hydrogens (tertiary/aromatic N) is 2. The molecule has 0 aliphatic heterocycles. The van der Waals surface area contributed by atoms with Crippen molar-refractivity contribution >= 4 is 0 Å². The van der Waals surface area contributed by atoms with Crippen molar-refractivity contribution < 1.29 is 4.74 Å². The number of methoxy groups -OCH3 is 1. The number of benzene rings is 1. The van der Waals surface area contributed by atoms with E-state index < -0.39 is 0 Å². The summed E-state index contributed by atoms with van der Waals surface area (Å²) >= 11 is 0. The smallest absolute Gasteiger partial charge is 0.271 e. The summed E-state index contributed by atoms with van der Waals surface area (Å²) in [7, 11) is 3.36. The van der Waals surface area contributed by atoms with Crippen molar-refractivity contribution in [2.24, 2.45) is 7.05 Å². The number of hydrogen-bond donors (Lipinski definition) is 1. The maximum Gasteiger partial charge on any atom is 0.271 e. The average Bonchev–Trinajstić information content (AvgIpc) is 3.32. The van der Waals surface area contributed by atoms with E-state index in [4.69, 9.17) is 4.74 Å². The lowest BCUT2D eigenvalue weighted by Gasteiger charge is -2.10. The first-order chi connectivity index (χ1) is 10.6. The molecule has 1 aliphatic carbocycles. The summed E-state index contributed by atoms with van der Waals surface area (Å²) in [5.74, 6) is 0.851. The van der Waals surface area contributed by atoms with Gasteiger partial charge in [0, 0.05) is 30.8 Å². The van der Waals surface area contributed by atoms with E-state index in [1.165, 1.54) is 17.5 Å². The van der Waals surface area contributed by atoms with Gasteiger partial charge in [0.15, 0.2) is 0 Å². The average molecular weight is 299 g/mol. The van der Waals surface area contributed by atoms with Crippen LogP contribution < -0.4 is 15.6 Å². The maximum atomic E-state index is 12.2. The molecule has 0 unspecified atom stereocenters. The molecule has 0 saturated heterocycles. The van der Waals surface area contributed by atoms with Gasteiger partial charge in [-0.15, -0.1) is 0 Å². The van der Waals surface area contributed by atoms with Gasteiger partial charge in [0.2, 0.25) is 0 Å². The van der Waals surface area contributed by atoms with Crippen molar-refractivity contribution in [3.63, 3.8) is 0 Å². The van der Waals surface area contributed by atoms with Crippen molar-refractivity contribution in [3.05, 3.63) is 45.7 Å². The molecule has 1 heterocycles. The molecule has 0 radical (unpaired) electrons. The zero-order chi connectivity index (χ0) is 15.7. The van der Waals surface area contributed by atoms with E-state index in [-0.39, 0.29) is 5.56 Å². The normalized spacial score (nSPS) is 14.1. The van der Waals surface area contributed by atoms with Crippen molar-refractivity contribution in [2.75, 3.05) is 7.11 Å². The first kappa shape index (κ1) is 14.8. The van der Waals surface area contributed by atoms with Gasteiger partial charge in [0.05, 0.1) is 12.8 Å². The van der Waals surface area contributed by atoms with Gasteiger partial charge in [-0.05, 0) is 49.6 Å². The monoisotopic (exact) mass is 299 g/mol. The first-order valence-electron chi connectivity index (χ1n) is 7.54. The van der Waals surface area contributed by atoms with Crippen LogP contribution in [0.1, 0.15) is 24.0 Å². The SMILES string of the molecule is COc1ccc(-c2cc(CNC3CC3)c(=O)n(C)n2)cc1C. The van der Waals surface area contributed by atoms with Crippen molar-refractivity contribution in [1.29, 1.82) is 0 Å². The molecule has 0 atom stereocenters. The third kappa shape index (κ3) is 3.04. The summed E-state index contributed by atoms with van der Waals surface area (Å²) in [6.45, 7) is 2.60. The third-order valence-electron chi connectivity index (χ3n) is 3.99. The quantitative estimate of drug-likeness (QED) is 0.917. The van der Waals surface area contributed by atoms with E-state index in [0.717, 1.165) is 28.1 Å². The molecule has 0 spiro atoms. The molecule has 1 aromatic carbocycles. The molecule has 5 heteroatoms. The van der Waals surface area contributed by atoms with Gasteiger partial charge in [-0.3, -0.25) is 4.79 Å². The zero-order valence-corrected chi connectivity index (χ0v) is 13.2. The van der Waals surface area contributed by atoms with Crippen molar-refractivity contribution in [2.45, 2.75) is 32.4 Å². The minimum atomic E-state index is -0.0397. The van der Waals surface area contributed by atoms with Crippen LogP contribution in [0.15, 0.2) is 29.1 Å². The van der Waals surface area contributed by atoms with E-state index in [1.807, 2.05) is 31.2 Å². The van der Waals surface area contributed by atoms with Gasteiger partial charge < -0.3 is 10.1 Å². The summed E-state index contributed by atoms with van der Waals surface area (Å²) in [4.78, 5) is 12.2. The predicted molar refractivity (Wildman–Crippen MR) is 86.1 cm³/mol. The number of nitrogens with one attached hydrogen (secondary N) is 1. The lowest BCUT2D eigenvalue weighted by atomic mass is 10.1. The van der Waals surface area contributed by atoms with Gasteiger partial charge in [-0.1, -0.05) is 0 Å². The molecular weight excluding hydrogens is 278 g/mol. The Balaban J connectivity index is 1.95. The lowest BCUT2D eigenvalue weighted by Crippen LogP contribution is -2.28. The molecular formula is C17H21N3O2. The zero-order valence-electron chi connectivity index (χ0n) is 13.2. The number of hydrogen-bond acceptors (Lipinski definition) is 4. The highest BCUT2D eigenvalue weighted by atomic mass is 16.5. The molecule has 0 bridgehead atoms. The summed E-state index contributed by atoms with van der Waals surface area (Å²) in [5.41, 5.74) is 3.56. The van der Waals surface area contributed by atoms with Gasteiger partial charge >= 0.3 is 0 Å².